The standard InChI is InChI=1S/C29H20N2O2/c1-3-7-26-24(5-1)30-28(32-26)19-22-13-11-20(12-14-22)9-10-21-15-17-23(18-16-21)29-31-25-6-2-4-8-27(25)33-29/h1-18H,19H2. The second-order valence-electron chi connectivity index (χ2n) is 7.94. The number of aromatic nitrogens is 2. The maximum absolute atomic E-state index is 5.85. The zero-order valence-corrected chi connectivity index (χ0v) is 17.8. The van der Waals surface area contributed by atoms with Crippen molar-refractivity contribution in [2.24, 2.45) is 0 Å². The Hall–Kier alpha value is -4.44. The van der Waals surface area contributed by atoms with Gasteiger partial charge in [0.2, 0.25) is 5.89 Å². The lowest BCUT2D eigenvalue weighted by Crippen LogP contribution is -1.87. The molecular formula is C29H20N2O2. The van der Waals surface area contributed by atoms with Crippen molar-refractivity contribution < 1.29 is 8.83 Å². The van der Waals surface area contributed by atoms with Crippen LogP contribution in [0, 0.1) is 0 Å². The molecule has 0 bridgehead atoms. The lowest BCUT2D eigenvalue weighted by atomic mass is 10.1. The average Bonchev–Trinajstić information content (AvgIpc) is 3.47. The van der Waals surface area contributed by atoms with Gasteiger partial charge in [0.05, 0.1) is 0 Å². The molecule has 0 amide bonds. The van der Waals surface area contributed by atoms with Gasteiger partial charge in [-0.25, -0.2) is 9.97 Å². The molecule has 6 aromatic rings. The Balaban J connectivity index is 1.14. The Bertz CT molecular complexity index is 1510. The fourth-order valence-electron chi connectivity index (χ4n) is 3.84. The summed E-state index contributed by atoms with van der Waals surface area (Å²) < 4.78 is 11.7. The Morgan fingerprint density at radius 2 is 1.15 bits per heavy atom. The first-order valence-electron chi connectivity index (χ1n) is 10.9. The molecule has 0 aliphatic carbocycles. The van der Waals surface area contributed by atoms with Crippen LogP contribution < -0.4 is 0 Å². The highest BCUT2D eigenvalue weighted by Gasteiger charge is 2.08. The monoisotopic (exact) mass is 428 g/mol. The van der Waals surface area contributed by atoms with Crippen LogP contribution in [-0.4, -0.2) is 9.97 Å². The minimum absolute atomic E-state index is 0.640. The van der Waals surface area contributed by atoms with Crippen LogP contribution in [0.2, 0.25) is 0 Å². The van der Waals surface area contributed by atoms with Crippen molar-refractivity contribution >= 4 is 34.4 Å². The summed E-state index contributed by atoms with van der Waals surface area (Å²) in [6.45, 7) is 0. The van der Waals surface area contributed by atoms with Crippen molar-refractivity contribution in [1.82, 2.24) is 9.97 Å². The summed E-state index contributed by atoms with van der Waals surface area (Å²) in [5.41, 5.74) is 7.79. The SMILES string of the molecule is C(=Cc1ccc(-c2nc3ccccc3o2)cc1)c1ccc(Cc2nc3ccccc3o2)cc1. The topological polar surface area (TPSA) is 52.1 Å². The summed E-state index contributed by atoms with van der Waals surface area (Å²) in [6.07, 6.45) is 4.89. The third-order valence-corrected chi connectivity index (χ3v) is 5.59. The average molecular weight is 428 g/mol. The molecule has 0 atom stereocenters. The predicted octanol–water partition coefficient (Wildman–Crippen LogP) is 7.40. The molecule has 4 nitrogen and oxygen atoms in total. The molecule has 0 N–H and O–H groups in total. The number of fused-ring (bicyclic) bond motifs is 2. The number of para-hydroxylation sites is 4. The van der Waals surface area contributed by atoms with E-state index in [1.807, 2.05) is 60.7 Å². The molecule has 158 valence electrons. The zero-order valence-electron chi connectivity index (χ0n) is 17.8. The number of hydrogen-bond donors (Lipinski definition) is 0. The van der Waals surface area contributed by atoms with E-state index >= 15 is 0 Å². The quantitative estimate of drug-likeness (QED) is 0.269. The van der Waals surface area contributed by atoms with E-state index in [9.17, 15) is 0 Å². The number of nitrogens with zero attached hydrogens (tertiary/aromatic N) is 2. The summed E-state index contributed by atoms with van der Waals surface area (Å²) in [7, 11) is 0. The highest BCUT2D eigenvalue weighted by Crippen LogP contribution is 2.25. The molecule has 2 aromatic heterocycles. The van der Waals surface area contributed by atoms with Crippen molar-refractivity contribution in [2.45, 2.75) is 6.42 Å². The fraction of sp³-hybridized carbons (Fsp3) is 0.0345. The van der Waals surface area contributed by atoms with Crippen molar-refractivity contribution in [3.63, 3.8) is 0 Å². The molecule has 0 saturated carbocycles. The van der Waals surface area contributed by atoms with Crippen LogP contribution >= 0.6 is 0 Å². The first kappa shape index (κ1) is 19.3. The van der Waals surface area contributed by atoms with Gasteiger partial charge in [-0.3, -0.25) is 0 Å². The van der Waals surface area contributed by atoms with Crippen LogP contribution in [0.5, 0.6) is 0 Å². The predicted molar refractivity (Wildman–Crippen MR) is 132 cm³/mol. The van der Waals surface area contributed by atoms with Gasteiger partial charge < -0.3 is 8.83 Å². The van der Waals surface area contributed by atoms with Crippen molar-refractivity contribution in [3.05, 3.63) is 120 Å². The van der Waals surface area contributed by atoms with Crippen molar-refractivity contribution in [2.75, 3.05) is 0 Å². The molecule has 0 aliphatic heterocycles. The van der Waals surface area contributed by atoms with Gasteiger partial charge in [0.25, 0.3) is 0 Å². The minimum Gasteiger partial charge on any atom is -0.440 e. The van der Waals surface area contributed by atoms with Gasteiger partial charge in [-0.05, 0) is 53.1 Å². The summed E-state index contributed by atoms with van der Waals surface area (Å²) in [5, 5.41) is 0. The Labute approximate surface area is 190 Å². The highest BCUT2D eigenvalue weighted by molar-refractivity contribution is 5.77. The number of benzene rings is 4. The third kappa shape index (κ3) is 4.06. The van der Waals surface area contributed by atoms with Crippen LogP contribution in [0.1, 0.15) is 22.6 Å². The lowest BCUT2D eigenvalue weighted by molar-refractivity contribution is 0.544. The van der Waals surface area contributed by atoms with E-state index < -0.39 is 0 Å². The van der Waals surface area contributed by atoms with Gasteiger partial charge in [-0.2, -0.15) is 0 Å². The van der Waals surface area contributed by atoms with Crippen LogP contribution in [0.4, 0.5) is 0 Å². The Morgan fingerprint density at radius 1 is 0.576 bits per heavy atom. The molecule has 0 spiro atoms. The van der Waals surface area contributed by atoms with E-state index in [2.05, 4.69) is 58.5 Å². The maximum Gasteiger partial charge on any atom is 0.227 e. The first-order valence-corrected chi connectivity index (χ1v) is 10.9. The molecule has 0 aliphatic rings. The Morgan fingerprint density at radius 3 is 1.79 bits per heavy atom. The normalized spacial score (nSPS) is 11.6. The van der Waals surface area contributed by atoms with Crippen LogP contribution in [0.3, 0.4) is 0 Å². The summed E-state index contributed by atoms with van der Waals surface area (Å²) >= 11 is 0. The first-order chi connectivity index (χ1) is 16.3. The number of hydrogen-bond acceptors (Lipinski definition) is 4. The van der Waals surface area contributed by atoms with Gasteiger partial charge in [0.1, 0.15) is 11.0 Å². The van der Waals surface area contributed by atoms with Gasteiger partial charge in [0, 0.05) is 12.0 Å². The second-order valence-corrected chi connectivity index (χ2v) is 7.94. The maximum atomic E-state index is 5.85. The van der Waals surface area contributed by atoms with E-state index in [0.29, 0.717) is 12.3 Å². The highest BCUT2D eigenvalue weighted by atomic mass is 16.4. The molecule has 2 heterocycles. The summed E-state index contributed by atoms with van der Waals surface area (Å²) in [6, 6.07) is 32.3. The van der Waals surface area contributed by atoms with Crippen molar-refractivity contribution in [1.29, 1.82) is 0 Å². The lowest BCUT2D eigenvalue weighted by Gasteiger charge is -2.00. The van der Waals surface area contributed by atoms with Gasteiger partial charge in [-0.15, -0.1) is 0 Å². The van der Waals surface area contributed by atoms with E-state index in [4.69, 9.17) is 8.83 Å². The van der Waals surface area contributed by atoms with Crippen molar-refractivity contribution in [3.8, 4) is 11.5 Å². The number of rotatable bonds is 5. The van der Waals surface area contributed by atoms with E-state index in [1.165, 1.54) is 5.56 Å². The Kier molecular flexibility index (Phi) is 4.81. The molecule has 6 rings (SSSR count). The fourth-order valence-corrected chi connectivity index (χ4v) is 3.84. The van der Waals surface area contributed by atoms with Crippen LogP contribution in [-0.2, 0) is 6.42 Å². The molecule has 0 saturated heterocycles. The second kappa shape index (κ2) is 8.24. The molecule has 0 radical (unpaired) electrons. The third-order valence-electron chi connectivity index (χ3n) is 5.59. The van der Waals surface area contributed by atoms with E-state index in [-0.39, 0.29) is 0 Å². The molecule has 4 heteroatoms. The molecule has 33 heavy (non-hydrogen) atoms. The minimum atomic E-state index is 0.640. The van der Waals surface area contributed by atoms with E-state index in [0.717, 1.165) is 44.8 Å². The molecule has 4 aromatic carbocycles. The van der Waals surface area contributed by atoms with Crippen LogP contribution in [0.25, 0.3) is 45.8 Å². The largest absolute Gasteiger partial charge is 0.440 e. The van der Waals surface area contributed by atoms with Crippen LogP contribution in [0.15, 0.2) is 106 Å². The number of oxazole rings is 2. The molecule has 0 fully saturated rings. The molecular weight excluding hydrogens is 408 g/mol. The summed E-state index contributed by atoms with van der Waals surface area (Å²) in [5.74, 6) is 1.37. The smallest absolute Gasteiger partial charge is 0.227 e. The van der Waals surface area contributed by atoms with Gasteiger partial charge in [0.15, 0.2) is 17.1 Å². The molecule has 0 unspecified atom stereocenters. The summed E-state index contributed by atoms with van der Waals surface area (Å²) in [4.78, 5) is 9.12. The zero-order chi connectivity index (χ0) is 22.0. The van der Waals surface area contributed by atoms with E-state index in [1.54, 1.807) is 0 Å². The van der Waals surface area contributed by atoms with Gasteiger partial charge in [-0.1, -0.05) is 72.8 Å². The van der Waals surface area contributed by atoms with Gasteiger partial charge >= 0.3 is 0 Å².